The van der Waals surface area contributed by atoms with Crippen molar-refractivity contribution in [2.24, 2.45) is 29.6 Å². The van der Waals surface area contributed by atoms with Crippen LogP contribution >= 0.6 is 0 Å². The summed E-state index contributed by atoms with van der Waals surface area (Å²) in [4.78, 5) is 32.2. The lowest BCUT2D eigenvalue weighted by molar-refractivity contribution is -0.151. The van der Waals surface area contributed by atoms with Gasteiger partial charge in [0.15, 0.2) is 0 Å². The van der Waals surface area contributed by atoms with Crippen LogP contribution < -0.4 is 0 Å². The molecule has 0 N–H and O–H groups in total. The van der Waals surface area contributed by atoms with Crippen LogP contribution in [0.25, 0.3) is 0 Å². The number of carbonyl (C=O) groups is 2. The lowest BCUT2D eigenvalue weighted by Gasteiger charge is -2.54. The monoisotopic (exact) mass is 373 g/mol. The highest BCUT2D eigenvalue weighted by Gasteiger charge is 2.51. The van der Waals surface area contributed by atoms with E-state index in [9.17, 15) is 9.59 Å². The van der Waals surface area contributed by atoms with Crippen molar-refractivity contribution in [2.45, 2.75) is 51.4 Å². The molecule has 5 heteroatoms. The normalized spacial score (nSPS) is 39.0. The van der Waals surface area contributed by atoms with Gasteiger partial charge in [-0.2, -0.15) is 0 Å². The first-order valence-corrected chi connectivity index (χ1v) is 11.5. The number of hydrogen-bond acceptors (Lipinski definition) is 3. The highest BCUT2D eigenvalue weighted by Crippen LogP contribution is 2.56. The smallest absolute Gasteiger partial charge is 0.236 e. The molecule has 2 saturated heterocycles. The van der Waals surface area contributed by atoms with E-state index in [-0.39, 0.29) is 5.91 Å². The molecule has 0 atom stereocenters. The van der Waals surface area contributed by atoms with Gasteiger partial charge in [0.05, 0.1) is 6.54 Å². The van der Waals surface area contributed by atoms with E-state index in [0.717, 1.165) is 63.9 Å². The van der Waals surface area contributed by atoms with E-state index in [2.05, 4.69) is 9.80 Å². The molecule has 0 aromatic carbocycles. The maximum atomic E-state index is 13.3. The van der Waals surface area contributed by atoms with Gasteiger partial charge in [-0.1, -0.05) is 0 Å². The Bertz CT molecular complexity index is 550. The number of hydrogen-bond donors (Lipinski definition) is 0. The fraction of sp³-hybridized carbons (Fsp3) is 0.909. The minimum absolute atomic E-state index is 0.288. The number of amides is 2. The van der Waals surface area contributed by atoms with E-state index in [1.165, 1.54) is 38.5 Å². The Morgan fingerprint density at radius 2 is 1.26 bits per heavy atom. The second-order valence-corrected chi connectivity index (χ2v) is 10.00. The molecule has 5 nitrogen and oxygen atoms in total. The molecule has 6 rings (SSSR count). The van der Waals surface area contributed by atoms with Crippen molar-refractivity contribution in [3.8, 4) is 0 Å². The zero-order valence-corrected chi connectivity index (χ0v) is 16.7. The van der Waals surface area contributed by atoms with Gasteiger partial charge in [0.25, 0.3) is 0 Å². The van der Waals surface area contributed by atoms with Crippen molar-refractivity contribution in [3.63, 3.8) is 0 Å². The Morgan fingerprint density at radius 3 is 1.85 bits per heavy atom. The number of piperazine rings is 1. The highest BCUT2D eigenvalue weighted by molar-refractivity contribution is 5.80. The van der Waals surface area contributed by atoms with Crippen LogP contribution in [0.15, 0.2) is 0 Å². The zero-order chi connectivity index (χ0) is 18.4. The Morgan fingerprint density at radius 1 is 0.667 bits per heavy atom. The molecule has 4 saturated carbocycles. The van der Waals surface area contributed by atoms with Crippen LogP contribution in [0.3, 0.4) is 0 Å². The SMILES string of the molecule is O=C(CN1CCN(C(=O)C2C3CC4CC(C3)CC2C4)CC1)N1CCCCC1. The fourth-order valence-electron chi connectivity index (χ4n) is 7.10. The Hall–Kier alpha value is -1.10. The summed E-state index contributed by atoms with van der Waals surface area (Å²) in [5.74, 6) is 4.25. The van der Waals surface area contributed by atoms with Crippen molar-refractivity contribution in [2.75, 3.05) is 45.8 Å². The summed E-state index contributed by atoms with van der Waals surface area (Å²) in [5.41, 5.74) is 0. The number of carbonyl (C=O) groups excluding carboxylic acids is 2. The van der Waals surface area contributed by atoms with Crippen LogP contribution in [-0.2, 0) is 9.59 Å². The molecule has 150 valence electrons. The first-order valence-electron chi connectivity index (χ1n) is 11.5. The summed E-state index contributed by atoms with van der Waals surface area (Å²) in [5, 5.41) is 0. The van der Waals surface area contributed by atoms with Crippen molar-refractivity contribution >= 4 is 11.8 Å². The standard InChI is InChI=1S/C22H35N3O2/c26-20(24-4-2-1-3-5-24)15-23-6-8-25(9-7-23)22(27)21-18-11-16-10-17(13-18)14-19(21)12-16/h16-19,21H,1-15H2. The third-order valence-corrected chi connectivity index (χ3v) is 8.26. The second-order valence-electron chi connectivity index (χ2n) is 10.00. The van der Waals surface area contributed by atoms with Gasteiger partial charge in [0.1, 0.15) is 0 Å². The van der Waals surface area contributed by atoms with E-state index < -0.39 is 0 Å². The summed E-state index contributed by atoms with van der Waals surface area (Å²) >= 11 is 0. The third-order valence-electron chi connectivity index (χ3n) is 8.26. The number of rotatable bonds is 3. The van der Waals surface area contributed by atoms with E-state index in [1.807, 2.05) is 4.90 Å². The van der Waals surface area contributed by atoms with Gasteiger partial charge in [-0.05, 0) is 75.0 Å². The van der Waals surface area contributed by atoms with Gasteiger partial charge < -0.3 is 9.80 Å². The molecule has 0 spiro atoms. The van der Waals surface area contributed by atoms with E-state index in [1.54, 1.807) is 0 Å². The Kier molecular flexibility index (Phi) is 4.91. The summed E-state index contributed by atoms with van der Waals surface area (Å²) in [6.07, 6.45) is 10.3. The van der Waals surface area contributed by atoms with Crippen LogP contribution in [0.2, 0.25) is 0 Å². The number of piperidine rings is 1. The largest absolute Gasteiger partial charge is 0.342 e. The van der Waals surface area contributed by atoms with E-state index in [4.69, 9.17) is 0 Å². The van der Waals surface area contributed by atoms with Crippen LogP contribution in [-0.4, -0.2) is 72.3 Å². The van der Waals surface area contributed by atoms with Gasteiger partial charge in [-0.3, -0.25) is 14.5 Å². The molecular weight excluding hydrogens is 338 g/mol. The highest BCUT2D eigenvalue weighted by atomic mass is 16.2. The molecule has 0 aromatic rings. The maximum absolute atomic E-state index is 13.3. The average molecular weight is 374 g/mol. The van der Waals surface area contributed by atoms with Gasteiger partial charge >= 0.3 is 0 Å². The molecule has 2 aliphatic heterocycles. The Labute approximate surface area is 163 Å². The van der Waals surface area contributed by atoms with Crippen molar-refractivity contribution in [1.29, 1.82) is 0 Å². The molecule has 4 aliphatic carbocycles. The van der Waals surface area contributed by atoms with Crippen molar-refractivity contribution < 1.29 is 9.59 Å². The number of nitrogens with zero attached hydrogens (tertiary/aromatic N) is 3. The molecule has 4 bridgehead atoms. The van der Waals surface area contributed by atoms with Gasteiger partial charge in [0, 0.05) is 45.2 Å². The van der Waals surface area contributed by atoms with Crippen LogP contribution in [0.1, 0.15) is 51.4 Å². The lowest BCUT2D eigenvalue weighted by Crippen LogP contribution is -2.56. The first-order chi connectivity index (χ1) is 13.2. The molecule has 27 heavy (non-hydrogen) atoms. The molecule has 6 aliphatic rings. The minimum atomic E-state index is 0.288. The summed E-state index contributed by atoms with van der Waals surface area (Å²) in [6, 6.07) is 0. The third kappa shape index (κ3) is 3.52. The van der Waals surface area contributed by atoms with Crippen LogP contribution in [0.4, 0.5) is 0 Å². The average Bonchev–Trinajstić information content (AvgIpc) is 2.68. The van der Waals surface area contributed by atoms with Crippen molar-refractivity contribution in [3.05, 3.63) is 0 Å². The Balaban J connectivity index is 1.13. The molecule has 2 heterocycles. The quantitative estimate of drug-likeness (QED) is 0.762. The molecule has 6 fully saturated rings. The fourth-order valence-corrected chi connectivity index (χ4v) is 7.10. The molecule has 0 radical (unpaired) electrons. The summed E-state index contributed by atoms with van der Waals surface area (Å²) in [6.45, 7) is 5.76. The van der Waals surface area contributed by atoms with Gasteiger partial charge in [-0.15, -0.1) is 0 Å². The topological polar surface area (TPSA) is 43.9 Å². The minimum Gasteiger partial charge on any atom is -0.342 e. The summed E-state index contributed by atoms with van der Waals surface area (Å²) < 4.78 is 0. The van der Waals surface area contributed by atoms with Crippen molar-refractivity contribution in [1.82, 2.24) is 14.7 Å². The van der Waals surface area contributed by atoms with E-state index >= 15 is 0 Å². The van der Waals surface area contributed by atoms with Crippen LogP contribution in [0.5, 0.6) is 0 Å². The van der Waals surface area contributed by atoms with Gasteiger partial charge in [-0.25, -0.2) is 0 Å². The second kappa shape index (κ2) is 7.38. The molecule has 2 amide bonds. The molecule has 0 aromatic heterocycles. The molecular formula is C22H35N3O2. The zero-order valence-electron chi connectivity index (χ0n) is 16.7. The maximum Gasteiger partial charge on any atom is 0.236 e. The lowest BCUT2D eigenvalue weighted by atomic mass is 9.51. The summed E-state index contributed by atoms with van der Waals surface area (Å²) in [7, 11) is 0. The predicted molar refractivity (Wildman–Crippen MR) is 104 cm³/mol. The predicted octanol–water partition coefficient (Wildman–Crippen LogP) is 2.22. The first kappa shape index (κ1) is 18.0. The number of likely N-dealkylation sites (tertiary alicyclic amines) is 1. The van der Waals surface area contributed by atoms with Gasteiger partial charge in [0.2, 0.25) is 11.8 Å². The molecule has 0 unspecified atom stereocenters. The van der Waals surface area contributed by atoms with Crippen LogP contribution in [0, 0.1) is 29.6 Å². The van der Waals surface area contributed by atoms with E-state index in [0.29, 0.717) is 30.2 Å².